The molecular formula is C17H8Cl2F3NO8. The molecule has 0 aromatic heterocycles. The second-order valence-corrected chi connectivity index (χ2v) is 6.58. The maximum absolute atomic E-state index is 12.9. The number of hydrogen-bond acceptors (Lipinski definition) is 6. The third kappa shape index (κ3) is 4.39. The minimum absolute atomic E-state index is 0.271. The van der Waals surface area contributed by atoms with Gasteiger partial charge in [-0.15, -0.1) is 0 Å². The number of halogens is 5. The molecule has 0 atom stereocenters. The molecule has 0 amide bonds. The lowest BCUT2D eigenvalue weighted by atomic mass is 9.91. The lowest BCUT2D eigenvalue weighted by Crippen LogP contribution is -2.58. The summed E-state index contributed by atoms with van der Waals surface area (Å²) in [6, 6.07) is 4.34. The molecule has 31 heavy (non-hydrogen) atoms. The minimum atomic E-state index is -4.91. The number of ether oxygens (including phenoxy) is 1. The molecular weight excluding hydrogens is 474 g/mol. The Bertz CT molecular complexity index is 1070. The van der Waals surface area contributed by atoms with E-state index < -0.39 is 67.0 Å². The van der Waals surface area contributed by atoms with Crippen LogP contribution in [0.5, 0.6) is 5.75 Å². The second-order valence-electron chi connectivity index (χ2n) is 5.76. The fourth-order valence-electron chi connectivity index (χ4n) is 2.41. The molecule has 2 rings (SSSR count). The smallest absolute Gasteiger partial charge is 0.416 e. The summed E-state index contributed by atoms with van der Waals surface area (Å²) in [4.78, 5) is 46.7. The molecule has 0 heterocycles. The molecule has 2 N–H and O–H groups in total. The van der Waals surface area contributed by atoms with Gasteiger partial charge in [0.25, 0.3) is 5.69 Å². The molecule has 0 aliphatic carbocycles. The van der Waals surface area contributed by atoms with Crippen LogP contribution in [0.4, 0.5) is 18.9 Å². The van der Waals surface area contributed by atoms with Gasteiger partial charge in [-0.1, -0.05) is 35.3 Å². The Morgan fingerprint density at radius 2 is 1.48 bits per heavy atom. The number of Topliss-reactive ketones (excluding diaryl/α,β-unsaturated/α-hetero) is 1. The number of hydrogen-bond donors (Lipinski definition) is 2. The van der Waals surface area contributed by atoms with Gasteiger partial charge in [-0.05, 0) is 18.2 Å². The maximum Gasteiger partial charge on any atom is 0.416 e. The lowest BCUT2D eigenvalue weighted by molar-refractivity contribution is -0.385. The first kappa shape index (κ1) is 23.9. The fourth-order valence-corrected chi connectivity index (χ4v) is 2.97. The molecule has 164 valence electrons. The van der Waals surface area contributed by atoms with Crippen LogP contribution < -0.4 is 4.74 Å². The van der Waals surface area contributed by atoms with Crippen molar-refractivity contribution in [2.24, 2.45) is 0 Å². The van der Waals surface area contributed by atoms with Crippen molar-refractivity contribution in [3.8, 4) is 5.75 Å². The summed E-state index contributed by atoms with van der Waals surface area (Å²) in [5.41, 5.74) is -7.11. The van der Waals surface area contributed by atoms with Crippen molar-refractivity contribution in [1.29, 1.82) is 0 Å². The number of aliphatic carboxylic acids is 2. The molecule has 9 nitrogen and oxygen atoms in total. The van der Waals surface area contributed by atoms with Crippen LogP contribution in [0.2, 0.25) is 10.0 Å². The van der Waals surface area contributed by atoms with Gasteiger partial charge in [-0.2, -0.15) is 13.2 Å². The number of carboxylic acid groups (broad SMARTS) is 2. The van der Waals surface area contributed by atoms with E-state index >= 15 is 0 Å². The summed E-state index contributed by atoms with van der Waals surface area (Å²) in [6.45, 7) is 0. The number of ketones is 1. The van der Waals surface area contributed by atoms with E-state index in [0.717, 1.165) is 24.3 Å². The molecule has 0 aliphatic heterocycles. The van der Waals surface area contributed by atoms with Gasteiger partial charge in [0, 0.05) is 6.07 Å². The zero-order valence-corrected chi connectivity index (χ0v) is 16.2. The quantitative estimate of drug-likeness (QED) is 0.260. The third-order valence-corrected chi connectivity index (χ3v) is 4.41. The number of rotatable bonds is 7. The molecule has 2 aromatic carbocycles. The van der Waals surface area contributed by atoms with Gasteiger partial charge < -0.3 is 14.9 Å². The van der Waals surface area contributed by atoms with Crippen LogP contribution in [0.15, 0.2) is 36.4 Å². The van der Waals surface area contributed by atoms with Crippen molar-refractivity contribution >= 4 is 46.6 Å². The Balaban J connectivity index is 2.73. The van der Waals surface area contributed by atoms with Gasteiger partial charge >= 0.3 is 23.7 Å². The van der Waals surface area contributed by atoms with Crippen LogP contribution in [-0.4, -0.2) is 38.5 Å². The molecule has 0 radical (unpaired) electrons. The van der Waals surface area contributed by atoms with E-state index in [0.29, 0.717) is 0 Å². The van der Waals surface area contributed by atoms with E-state index in [-0.39, 0.29) is 12.1 Å². The summed E-state index contributed by atoms with van der Waals surface area (Å²) in [5.74, 6) is -7.83. The number of carbonyl (C=O) groups excluding carboxylic acids is 1. The monoisotopic (exact) mass is 481 g/mol. The highest BCUT2D eigenvalue weighted by molar-refractivity contribution is 6.38. The number of para-hydroxylation sites is 1. The Morgan fingerprint density at radius 3 is 1.90 bits per heavy atom. The minimum Gasteiger partial charge on any atom is -0.477 e. The van der Waals surface area contributed by atoms with Crippen LogP contribution in [0, 0.1) is 10.1 Å². The Hall–Kier alpha value is -3.38. The highest BCUT2D eigenvalue weighted by Crippen LogP contribution is 2.42. The number of carboxylic acids is 2. The van der Waals surface area contributed by atoms with E-state index in [1.54, 1.807) is 0 Å². The molecule has 14 heteroatoms. The number of benzene rings is 2. The SMILES string of the molecule is O=C(O)C(Oc1c(Cl)cc(C(F)(F)F)cc1Cl)(C(=O)O)C(=O)c1ccccc1[N+](=O)[O-]. The zero-order valence-electron chi connectivity index (χ0n) is 14.6. The first-order valence-corrected chi connectivity index (χ1v) is 8.49. The Kier molecular flexibility index (Phi) is 6.47. The Labute approximate surface area is 179 Å². The van der Waals surface area contributed by atoms with Gasteiger partial charge in [-0.3, -0.25) is 14.9 Å². The average Bonchev–Trinajstić information content (AvgIpc) is 2.65. The molecule has 2 aromatic rings. The van der Waals surface area contributed by atoms with Crippen LogP contribution in [0.25, 0.3) is 0 Å². The molecule has 0 bridgehead atoms. The van der Waals surface area contributed by atoms with Crippen molar-refractivity contribution in [3.05, 3.63) is 67.7 Å². The van der Waals surface area contributed by atoms with Crippen LogP contribution in [0.3, 0.4) is 0 Å². The first-order valence-electron chi connectivity index (χ1n) is 7.73. The number of alkyl halides is 3. The van der Waals surface area contributed by atoms with Crippen molar-refractivity contribution in [3.63, 3.8) is 0 Å². The van der Waals surface area contributed by atoms with Crippen molar-refractivity contribution in [1.82, 2.24) is 0 Å². The van der Waals surface area contributed by atoms with Gasteiger partial charge in [0.15, 0.2) is 5.75 Å². The van der Waals surface area contributed by atoms with Crippen LogP contribution in [-0.2, 0) is 15.8 Å². The van der Waals surface area contributed by atoms with Crippen LogP contribution in [0.1, 0.15) is 15.9 Å². The zero-order chi connectivity index (χ0) is 23.7. The second kappa shape index (κ2) is 8.40. The normalized spacial score (nSPS) is 11.6. The average molecular weight is 482 g/mol. The number of nitro groups is 1. The van der Waals surface area contributed by atoms with Gasteiger partial charge in [0.05, 0.1) is 20.5 Å². The molecule has 0 fully saturated rings. The summed E-state index contributed by atoms with van der Waals surface area (Å²) in [5, 5.41) is 28.3. The topological polar surface area (TPSA) is 144 Å². The molecule has 0 aliphatic rings. The van der Waals surface area contributed by atoms with E-state index in [9.17, 15) is 47.9 Å². The highest BCUT2D eigenvalue weighted by Gasteiger charge is 2.59. The van der Waals surface area contributed by atoms with Crippen LogP contribution >= 0.6 is 23.2 Å². The third-order valence-electron chi connectivity index (χ3n) is 3.85. The molecule has 0 saturated heterocycles. The molecule has 0 saturated carbocycles. The van der Waals surface area contributed by atoms with E-state index in [1.807, 2.05) is 0 Å². The summed E-state index contributed by atoms with van der Waals surface area (Å²) in [6.07, 6.45) is -4.91. The molecule has 0 unspecified atom stereocenters. The maximum atomic E-state index is 12.9. The van der Waals surface area contributed by atoms with E-state index in [2.05, 4.69) is 0 Å². The largest absolute Gasteiger partial charge is 0.477 e. The van der Waals surface area contributed by atoms with E-state index in [4.69, 9.17) is 27.9 Å². The number of nitrogens with zero attached hydrogens (tertiary/aromatic N) is 1. The number of nitro benzene ring substituents is 1. The van der Waals surface area contributed by atoms with Gasteiger partial charge in [-0.25, -0.2) is 9.59 Å². The van der Waals surface area contributed by atoms with Gasteiger partial charge in [0.1, 0.15) is 5.56 Å². The van der Waals surface area contributed by atoms with Crippen molar-refractivity contribution in [2.75, 3.05) is 0 Å². The van der Waals surface area contributed by atoms with Crippen molar-refractivity contribution in [2.45, 2.75) is 11.8 Å². The fraction of sp³-hybridized carbons (Fsp3) is 0.118. The summed E-state index contributed by atoms with van der Waals surface area (Å²) in [7, 11) is 0. The first-order chi connectivity index (χ1) is 14.2. The summed E-state index contributed by atoms with van der Waals surface area (Å²) < 4.78 is 43.4. The molecule has 0 spiro atoms. The lowest BCUT2D eigenvalue weighted by Gasteiger charge is -2.26. The Morgan fingerprint density at radius 1 is 1.00 bits per heavy atom. The highest BCUT2D eigenvalue weighted by atomic mass is 35.5. The van der Waals surface area contributed by atoms with Gasteiger partial charge in [0.2, 0.25) is 5.78 Å². The predicted octanol–water partition coefficient (Wildman–Crippen LogP) is 4.09. The number of carbonyl (C=O) groups is 3. The summed E-state index contributed by atoms with van der Waals surface area (Å²) >= 11 is 11.3. The van der Waals surface area contributed by atoms with Crippen molar-refractivity contribution < 1.29 is 47.4 Å². The predicted molar refractivity (Wildman–Crippen MR) is 97.5 cm³/mol. The standard InChI is InChI=1S/C17H8Cl2F3NO8/c18-9-5-7(17(20,21)22)6-10(19)12(9)31-16(14(25)26,15(27)28)13(24)8-3-1-2-4-11(8)23(29)30/h1-6H,(H,25,26)(H,27,28). The van der Waals surface area contributed by atoms with E-state index in [1.165, 1.54) is 0 Å².